The number of aliphatic imine (C=N–C) groups is 1. The Hall–Kier alpha value is -2.61. The second-order valence-corrected chi connectivity index (χ2v) is 9.54. The molecule has 2 aliphatic rings. The molecule has 0 amide bonds. The van der Waals surface area contributed by atoms with E-state index in [2.05, 4.69) is 10.2 Å². The number of carbonyl (C=O) groups is 1. The van der Waals surface area contributed by atoms with Gasteiger partial charge in [-0.3, -0.25) is 4.79 Å². The number of aliphatic carboxylic acids is 1. The van der Waals surface area contributed by atoms with Crippen molar-refractivity contribution in [1.29, 1.82) is 0 Å². The lowest BCUT2D eigenvalue weighted by Gasteiger charge is -2.38. The minimum atomic E-state index is -0.801. The van der Waals surface area contributed by atoms with Crippen molar-refractivity contribution in [1.82, 2.24) is 10.2 Å². The quantitative estimate of drug-likeness (QED) is 0.635. The molecule has 0 aromatic heterocycles. The highest BCUT2D eigenvalue weighted by atomic mass is 35.5. The molecular weight excluding hydrogens is 442 g/mol. The number of methoxy groups -OCH3 is 1. The summed E-state index contributed by atoms with van der Waals surface area (Å²) in [5, 5.41) is 14.0. The zero-order valence-corrected chi connectivity index (χ0v) is 19.9. The number of carboxylic acid groups (broad SMARTS) is 1. The van der Waals surface area contributed by atoms with Gasteiger partial charge in [0.1, 0.15) is 17.3 Å². The molecule has 0 spiro atoms. The number of ether oxygens (including phenoxy) is 2. The Morgan fingerprint density at radius 1 is 1.33 bits per heavy atom. The lowest BCUT2D eigenvalue weighted by molar-refractivity contribution is -0.143. The van der Waals surface area contributed by atoms with Crippen molar-refractivity contribution < 1.29 is 19.4 Å². The summed E-state index contributed by atoms with van der Waals surface area (Å²) in [7, 11) is 1.66. The van der Waals surface area contributed by atoms with E-state index in [0.717, 1.165) is 11.4 Å². The van der Waals surface area contributed by atoms with Crippen molar-refractivity contribution in [3.63, 3.8) is 0 Å². The van der Waals surface area contributed by atoms with Crippen molar-refractivity contribution in [2.24, 2.45) is 10.9 Å². The molecule has 2 N–H and O–H groups in total. The van der Waals surface area contributed by atoms with Gasteiger partial charge in [0.15, 0.2) is 5.75 Å². The van der Waals surface area contributed by atoms with Crippen LogP contribution in [-0.4, -0.2) is 60.2 Å². The Labute approximate surface area is 199 Å². The standard InChI is InChI=1S/C25H30ClN3O4/c1-25(2,32-3)11-10-17(24(30)31)20-15-29(13-12-27-20)23-18-6-4-5-7-21(18)33-22-9-8-16(26)14-19(22)28-23/h4-9,14,17,20,27H,10-13,15H2,1-3H3,(H,30,31). The maximum absolute atomic E-state index is 12.2. The third-order valence-electron chi connectivity index (χ3n) is 6.41. The fraction of sp³-hybridized carbons (Fsp3) is 0.440. The lowest BCUT2D eigenvalue weighted by Crippen LogP contribution is -2.57. The number of nitrogens with one attached hydrogen (secondary N) is 1. The Balaban J connectivity index is 1.64. The number of halogens is 1. The SMILES string of the molecule is COC(C)(C)CCC(C(=O)O)C1CN(C2=Nc3cc(Cl)ccc3Oc3ccccc32)CCN1. The maximum Gasteiger partial charge on any atom is 0.308 e. The van der Waals surface area contributed by atoms with Crippen LogP contribution in [0.5, 0.6) is 11.5 Å². The van der Waals surface area contributed by atoms with Gasteiger partial charge in [0, 0.05) is 37.8 Å². The number of carboxylic acids is 1. The van der Waals surface area contributed by atoms with Gasteiger partial charge in [0.25, 0.3) is 0 Å². The number of fused-ring (bicyclic) bond motifs is 2. The predicted molar refractivity (Wildman–Crippen MR) is 129 cm³/mol. The summed E-state index contributed by atoms with van der Waals surface area (Å²) in [6.45, 7) is 5.84. The van der Waals surface area contributed by atoms with Crippen LogP contribution in [0.1, 0.15) is 32.3 Å². The number of hydrogen-bond acceptors (Lipinski definition) is 6. The Bertz CT molecular complexity index is 1060. The first-order valence-electron chi connectivity index (χ1n) is 11.2. The predicted octanol–water partition coefficient (Wildman–Crippen LogP) is 4.70. The minimum Gasteiger partial charge on any atom is -0.481 e. The fourth-order valence-electron chi connectivity index (χ4n) is 4.28. The van der Waals surface area contributed by atoms with Crippen molar-refractivity contribution in [2.45, 2.75) is 38.3 Å². The van der Waals surface area contributed by atoms with Gasteiger partial charge in [-0.1, -0.05) is 23.7 Å². The summed E-state index contributed by atoms with van der Waals surface area (Å²) >= 11 is 6.23. The molecule has 7 nitrogen and oxygen atoms in total. The number of nitrogens with zero attached hydrogens (tertiary/aromatic N) is 2. The average molecular weight is 472 g/mol. The molecule has 2 aromatic carbocycles. The number of para-hydroxylation sites is 1. The molecule has 0 bridgehead atoms. The van der Waals surface area contributed by atoms with Gasteiger partial charge in [-0.2, -0.15) is 0 Å². The number of rotatable bonds is 6. The summed E-state index contributed by atoms with van der Waals surface area (Å²) < 4.78 is 11.7. The van der Waals surface area contributed by atoms with E-state index in [4.69, 9.17) is 26.1 Å². The summed E-state index contributed by atoms with van der Waals surface area (Å²) in [4.78, 5) is 19.3. The number of piperazine rings is 1. The highest BCUT2D eigenvalue weighted by molar-refractivity contribution is 6.31. The van der Waals surface area contributed by atoms with E-state index in [1.54, 1.807) is 19.2 Å². The smallest absolute Gasteiger partial charge is 0.308 e. The van der Waals surface area contributed by atoms with Crippen molar-refractivity contribution >= 4 is 29.1 Å². The van der Waals surface area contributed by atoms with E-state index in [-0.39, 0.29) is 11.6 Å². The van der Waals surface area contributed by atoms with Crippen molar-refractivity contribution in [3.8, 4) is 11.5 Å². The third kappa shape index (κ3) is 5.32. The van der Waals surface area contributed by atoms with Crippen LogP contribution in [0, 0.1) is 5.92 Å². The topological polar surface area (TPSA) is 83.4 Å². The van der Waals surface area contributed by atoms with Gasteiger partial charge in [0.2, 0.25) is 0 Å². The average Bonchev–Trinajstić information content (AvgIpc) is 2.95. The van der Waals surface area contributed by atoms with Gasteiger partial charge >= 0.3 is 5.97 Å². The summed E-state index contributed by atoms with van der Waals surface area (Å²) in [6, 6.07) is 12.9. The molecule has 8 heteroatoms. The zero-order valence-electron chi connectivity index (χ0n) is 19.2. The largest absolute Gasteiger partial charge is 0.481 e. The van der Waals surface area contributed by atoms with Crippen LogP contribution in [0.3, 0.4) is 0 Å². The van der Waals surface area contributed by atoms with E-state index in [0.29, 0.717) is 54.7 Å². The number of amidine groups is 1. The Kier molecular flexibility index (Phi) is 6.93. The minimum absolute atomic E-state index is 0.221. The number of hydrogen-bond donors (Lipinski definition) is 2. The van der Waals surface area contributed by atoms with Gasteiger partial charge in [-0.25, -0.2) is 4.99 Å². The van der Waals surface area contributed by atoms with Crippen LogP contribution >= 0.6 is 11.6 Å². The van der Waals surface area contributed by atoms with Gasteiger partial charge in [0.05, 0.1) is 17.1 Å². The highest BCUT2D eigenvalue weighted by Crippen LogP contribution is 2.39. The third-order valence-corrected chi connectivity index (χ3v) is 6.65. The monoisotopic (exact) mass is 471 g/mol. The molecule has 2 aliphatic heterocycles. The summed E-state index contributed by atoms with van der Waals surface area (Å²) in [5.74, 6) is 0.772. The lowest BCUT2D eigenvalue weighted by atomic mass is 9.88. The van der Waals surface area contributed by atoms with Crippen LogP contribution in [-0.2, 0) is 9.53 Å². The molecule has 4 rings (SSSR count). The number of benzene rings is 2. The maximum atomic E-state index is 12.2. The highest BCUT2D eigenvalue weighted by Gasteiger charge is 2.35. The Morgan fingerprint density at radius 2 is 2.12 bits per heavy atom. The van der Waals surface area contributed by atoms with E-state index in [9.17, 15) is 9.90 Å². The molecule has 0 saturated carbocycles. The van der Waals surface area contributed by atoms with Crippen LogP contribution in [0.25, 0.3) is 0 Å². The van der Waals surface area contributed by atoms with Gasteiger partial charge in [-0.05, 0) is 57.0 Å². The molecule has 1 fully saturated rings. The Morgan fingerprint density at radius 3 is 2.88 bits per heavy atom. The molecular formula is C25H30ClN3O4. The first kappa shape index (κ1) is 23.5. The van der Waals surface area contributed by atoms with E-state index >= 15 is 0 Å². The molecule has 33 heavy (non-hydrogen) atoms. The van der Waals surface area contributed by atoms with Crippen LogP contribution < -0.4 is 10.1 Å². The van der Waals surface area contributed by atoms with Crippen LogP contribution in [0.4, 0.5) is 5.69 Å². The van der Waals surface area contributed by atoms with Gasteiger partial charge in [-0.15, -0.1) is 0 Å². The van der Waals surface area contributed by atoms with Crippen molar-refractivity contribution in [3.05, 3.63) is 53.1 Å². The molecule has 2 atom stereocenters. The molecule has 2 heterocycles. The molecule has 0 radical (unpaired) electrons. The second kappa shape index (κ2) is 9.71. The van der Waals surface area contributed by atoms with Crippen LogP contribution in [0.15, 0.2) is 47.5 Å². The molecule has 176 valence electrons. The zero-order chi connectivity index (χ0) is 23.6. The molecule has 2 unspecified atom stereocenters. The molecule has 2 aromatic rings. The fourth-order valence-corrected chi connectivity index (χ4v) is 4.45. The first-order valence-corrected chi connectivity index (χ1v) is 11.6. The normalized spacial score (nSPS) is 19.0. The summed E-state index contributed by atoms with van der Waals surface area (Å²) in [5.41, 5.74) is 1.16. The molecule has 1 saturated heterocycles. The van der Waals surface area contributed by atoms with Gasteiger partial charge < -0.3 is 24.8 Å². The van der Waals surface area contributed by atoms with E-state index in [1.165, 1.54) is 0 Å². The van der Waals surface area contributed by atoms with E-state index in [1.807, 2.05) is 44.2 Å². The van der Waals surface area contributed by atoms with Crippen molar-refractivity contribution in [2.75, 3.05) is 26.7 Å². The second-order valence-electron chi connectivity index (χ2n) is 9.10. The molecule has 0 aliphatic carbocycles. The first-order chi connectivity index (χ1) is 15.8. The van der Waals surface area contributed by atoms with E-state index < -0.39 is 11.9 Å². The summed E-state index contributed by atoms with van der Waals surface area (Å²) in [6.07, 6.45) is 1.18. The van der Waals surface area contributed by atoms with Crippen LogP contribution in [0.2, 0.25) is 5.02 Å².